The molecule has 0 spiro atoms. The van der Waals surface area contributed by atoms with Crippen LogP contribution in [0.15, 0.2) is 46.1 Å². The van der Waals surface area contributed by atoms with Crippen molar-refractivity contribution in [3.8, 4) is 0 Å². The molecule has 1 saturated heterocycles. The van der Waals surface area contributed by atoms with Crippen molar-refractivity contribution >= 4 is 16.9 Å². The number of rotatable bonds is 5. The van der Waals surface area contributed by atoms with Gasteiger partial charge in [-0.05, 0) is 45.3 Å². The molecule has 8 nitrogen and oxygen atoms in total. The molecule has 0 radical (unpaired) electrons. The van der Waals surface area contributed by atoms with Crippen molar-refractivity contribution in [3.05, 3.63) is 68.6 Å². The van der Waals surface area contributed by atoms with Crippen LogP contribution >= 0.6 is 0 Å². The molecule has 0 bridgehead atoms. The monoisotopic (exact) mass is 434 g/mol. The van der Waals surface area contributed by atoms with Crippen molar-refractivity contribution < 1.29 is 0 Å². The molecule has 1 aromatic carbocycles. The van der Waals surface area contributed by atoms with Crippen molar-refractivity contribution in [1.29, 1.82) is 0 Å². The Labute approximate surface area is 186 Å². The van der Waals surface area contributed by atoms with Gasteiger partial charge >= 0.3 is 5.69 Å². The molecule has 0 N–H and O–H groups in total. The first-order chi connectivity index (χ1) is 15.5. The lowest BCUT2D eigenvalue weighted by molar-refractivity contribution is 0.218. The first-order valence-corrected chi connectivity index (χ1v) is 11.4. The zero-order valence-corrected chi connectivity index (χ0v) is 19.0. The number of benzene rings is 1. The summed E-state index contributed by atoms with van der Waals surface area (Å²) < 4.78 is 6.85. The predicted octanol–water partition coefficient (Wildman–Crippen LogP) is 2.55. The Balaban J connectivity index is 1.63. The van der Waals surface area contributed by atoms with Crippen LogP contribution in [-0.4, -0.2) is 47.6 Å². The molecule has 4 heterocycles. The van der Waals surface area contributed by atoms with Gasteiger partial charge in [0.1, 0.15) is 0 Å². The number of aryl methyl sites for hydroxylation is 2. The van der Waals surface area contributed by atoms with E-state index in [0.29, 0.717) is 30.0 Å². The highest BCUT2D eigenvalue weighted by Crippen LogP contribution is 2.25. The van der Waals surface area contributed by atoms with Crippen LogP contribution in [0.3, 0.4) is 0 Å². The van der Waals surface area contributed by atoms with Crippen LogP contribution in [0.1, 0.15) is 43.5 Å². The summed E-state index contributed by atoms with van der Waals surface area (Å²) >= 11 is 0. The number of hydrogen-bond acceptors (Lipinski definition) is 4. The Bertz CT molecular complexity index is 1390. The Morgan fingerprint density at radius 2 is 1.75 bits per heavy atom. The van der Waals surface area contributed by atoms with E-state index in [1.807, 2.05) is 35.7 Å². The zero-order chi connectivity index (χ0) is 22.4. The molecule has 5 rings (SSSR count). The van der Waals surface area contributed by atoms with Crippen LogP contribution < -0.4 is 11.2 Å². The van der Waals surface area contributed by atoms with Crippen LogP contribution in [0.2, 0.25) is 0 Å². The number of nitrogens with zero attached hydrogens (tertiary/aromatic N) is 6. The smallest absolute Gasteiger partial charge is 0.307 e. The summed E-state index contributed by atoms with van der Waals surface area (Å²) in [7, 11) is 1.70. The first kappa shape index (κ1) is 20.8. The van der Waals surface area contributed by atoms with Gasteiger partial charge in [-0.2, -0.15) is 4.98 Å². The van der Waals surface area contributed by atoms with E-state index in [4.69, 9.17) is 4.98 Å². The van der Waals surface area contributed by atoms with Gasteiger partial charge in [-0.1, -0.05) is 36.8 Å². The Morgan fingerprint density at radius 1 is 1.03 bits per heavy atom. The van der Waals surface area contributed by atoms with Gasteiger partial charge in [-0.25, -0.2) is 4.79 Å². The van der Waals surface area contributed by atoms with E-state index in [0.717, 1.165) is 24.3 Å². The fourth-order valence-corrected chi connectivity index (χ4v) is 5.01. The van der Waals surface area contributed by atoms with Crippen LogP contribution in [0.4, 0.5) is 0 Å². The van der Waals surface area contributed by atoms with E-state index < -0.39 is 0 Å². The number of likely N-dealkylation sites (tertiary alicyclic amines) is 1. The van der Waals surface area contributed by atoms with Gasteiger partial charge < -0.3 is 9.47 Å². The fourth-order valence-electron chi connectivity index (χ4n) is 5.01. The van der Waals surface area contributed by atoms with Crippen molar-refractivity contribution in [1.82, 2.24) is 28.0 Å². The van der Waals surface area contributed by atoms with E-state index >= 15 is 0 Å². The molecule has 1 fully saturated rings. The van der Waals surface area contributed by atoms with Crippen molar-refractivity contribution in [3.63, 3.8) is 0 Å². The molecule has 1 atom stereocenters. The zero-order valence-electron chi connectivity index (χ0n) is 19.0. The van der Waals surface area contributed by atoms with E-state index in [9.17, 15) is 9.59 Å². The number of imidazole rings is 2. The summed E-state index contributed by atoms with van der Waals surface area (Å²) in [6.45, 7) is 7.33. The second kappa shape index (κ2) is 8.09. The highest BCUT2D eigenvalue weighted by atomic mass is 16.2. The summed E-state index contributed by atoms with van der Waals surface area (Å²) in [5, 5.41) is 0. The van der Waals surface area contributed by atoms with Gasteiger partial charge in [0.15, 0.2) is 11.2 Å². The Morgan fingerprint density at radius 3 is 2.47 bits per heavy atom. The molecule has 168 valence electrons. The van der Waals surface area contributed by atoms with Gasteiger partial charge in [0.2, 0.25) is 5.78 Å². The Hall–Kier alpha value is -3.13. The molecular formula is C24H30N6O2. The molecule has 0 unspecified atom stereocenters. The van der Waals surface area contributed by atoms with Gasteiger partial charge in [-0.15, -0.1) is 0 Å². The maximum atomic E-state index is 13.5. The van der Waals surface area contributed by atoms with Gasteiger partial charge in [0.25, 0.3) is 5.56 Å². The molecular weight excluding hydrogens is 404 g/mol. The molecule has 3 aromatic heterocycles. The van der Waals surface area contributed by atoms with Crippen molar-refractivity contribution in [2.75, 3.05) is 19.6 Å². The van der Waals surface area contributed by atoms with Crippen LogP contribution in [0.25, 0.3) is 16.9 Å². The third kappa shape index (κ3) is 3.30. The van der Waals surface area contributed by atoms with E-state index in [1.165, 1.54) is 28.4 Å². The minimum atomic E-state index is -0.306. The van der Waals surface area contributed by atoms with E-state index in [-0.39, 0.29) is 17.3 Å². The van der Waals surface area contributed by atoms with Crippen LogP contribution in [0, 0.1) is 6.92 Å². The maximum Gasteiger partial charge on any atom is 0.332 e. The molecule has 1 aliphatic rings. The van der Waals surface area contributed by atoms with Crippen molar-refractivity contribution in [2.24, 2.45) is 7.05 Å². The summed E-state index contributed by atoms with van der Waals surface area (Å²) in [6.07, 6.45) is 5.57. The third-order valence-electron chi connectivity index (χ3n) is 6.83. The van der Waals surface area contributed by atoms with Crippen LogP contribution in [0.5, 0.6) is 0 Å². The summed E-state index contributed by atoms with van der Waals surface area (Å²) in [4.78, 5) is 33.6. The average molecular weight is 435 g/mol. The molecule has 4 aromatic rings. The topological polar surface area (TPSA) is 69.5 Å². The molecule has 8 heteroatoms. The molecule has 32 heavy (non-hydrogen) atoms. The Kier molecular flexibility index (Phi) is 5.25. The summed E-state index contributed by atoms with van der Waals surface area (Å²) in [6, 6.07) is 10.3. The van der Waals surface area contributed by atoms with Gasteiger partial charge in [0.05, 0.1) is 6.04 Å². The number of fused-ring (bicyclic) bond motifs is 3. The molecule has 0 amide bonds. The normalized spacial score (nSPS) is 16.2. The number of aromatic nitrogens is 5. The highest BCUT2D eigenvalue weighted by Gasteiger charge is 2.23. The molecule has 0 saturated carbocycles. The lowest BCUT2D eigenvalue weighted by Gasteiger charge is -2.26. The number of piperidine rings is 1. The quantitative estimate of drug-likeness (QED) is 0.484. The van der Waals surface area contributed by atoms with E-state index in [2.05, 4.69) is 28.5 Å². The second-order valence-electron chi connectivity index (χ2n) is 8.88. The average Bonchev–Trinajstić information content (AvgIpc) is 3.33. The predicted molar refractivity (Wildman–Crippen MR) is 125 cm³/mol. The minimum absolute atomic E-state index is 0.0452. The second-order valence-corrected chi connectivity index (χ2v) is 8.88. The largest absolute Gasteiger partial charge is 0.332 e. The fraction of sp³-hybridized carbons (Fsp3) is 0.458. The standard InChI is InChI=1S/C24H30N6O2/c1-17-16-29-20-21(25-23(29)30(17)18(2)19-10-6-4-7-11-19)26(3)24(32)28(22(20)31)15-14-27-12-8-5-9-13-27/h4,6-7,10-11,16,18H,5,8-9,12-15H2,1-3H3/t18-/m1/s1. The van der Waals surface area contributed by atoms with Gasteiger partial charge in [-0.3, -0.25) is 18.3 Å². The minimum Gasteiger partial charge on any atom is -0.307 e. The van der Waals surface area contributed by atoms with Crippen LogP contribution in [-0.2, 0) is 13.6 Å². The van der Waals surface area contributed by atoms with Crippen molar-refractivity contribution in [2.45, 2.75) is 45.7 Å². The lowest BCUT2D eigenvalue weighted by Crippen LogP contribution is -2.43. The summed E-state index contributed by atoms with van der Waals surface area (Å²) in [5.41, 5.74) is 2.49. The lowest BCUT2D eigenvalue weighted by atomic mass is 10.1. The summed E-state index contributed by atoms with van der Waals surface area (Å²) in [5.74, 6) is 0.676. The van der Waals surface area contributed by atoms with Gasteiger partial charge in [0, 0.05) is 32.0 Å². The molecule has 0 aliphatic carbocycles. The molecule has 1 aliphatic heterocycles. The SMILES string of the molecule is Cc1cn2c3c(=O)n(CCN4CCCCC4)c(=O)n(C)c3nc2n1[C@H](C)c1ccccc1. The van der Waals surface area contributed by atoms with E-state index in [1.54, 1.807) is 7.05 Å². The highest BCUT2D eigenvalue weighted by molar-refractivity contribution is 5.75. The number of hydrogen-bond donors (Lipinski definition) is 0. The first-order valence-electron chi connectivity index (χ1n) is 11.4. The maximum absolute atomic E-state index is 13.5. The third-order valence-corrected chi connectivity index (χ3v) is 6.83.